The Labute approximate surface area is 82.8 Å². The van der Waals surface area contributed by atoms with Crippen LogP contribution in [0.1, 0.15) is 23.2 Å². The zero-order valence-corrected chi connectivity index (χ0v) is 7.86. The van der Waals surface area contributed by atoms with Crippen LogP contribution in [0.25, 0.3) is 0 Å². The standard InChI is InChI=1S/C11H13NO2/c13-10-5-3-9(4-6-10)11(14)12-7-8-1-2-8/h3-6,8,13H,1-2,7H2,(H,12,14). The summed E-state index contributed by atoms with van der Waals surface area (Å²) in [7, 11) is 0. The number of aromatic hydroxyl groups is 1. The first-order valence-electron chi connectivity index (χ1n) is 4.83. The van der Waals surface area contributed by atoms with Gasteiger partial charge in [-0.2, -0.15) is 0 Å². The summed E-state index contributed by atoms with van der Waals surface area (Å²) in [6.45, 7) is 0.777. The quantitative estimate of drug-likeness (QED) is 0.761. The molecule has 1 aliphatic carbocycles. The summed E-state index contributed by atoms with van der Waals surface area (Å²) in [6.07, 6.45) is 2.46. The first kappa shape index (κ1) is 9.06. The molecule has 0 bridgehead atoms. The predicted molar refractivity (Wildman–Crippen MR) is 53.2 cm³/mol. The molecule has 0 heterocycles. The highest BCUT2D eigenvalue weighted by molar-refractivity contribution is 5.94. The van der Waals surface area contributed by atoms with Crippen molar-refractivity contribution in [1.82, 2.24) is 5.32 Å². The van der Waals surface area contributed by atoms with E-state index >= 15 is 0 Å². The fourth-order valence-electron chi connectivity index (χ4n) is 1.27. The van der Waals surface area contributed by atoms with Gasteiger partial charge in [-0.3, -0.25) is 4.79 Å². The number of benzene rings is 1. The van der Waals surface area contributed by atoms with Gasteiger partial charge in [-0.25, -0.2) is 0 Å². The number of amides is 1. The van der Waals surface area contributed by atoms with Crippen LogP contribution in [0, 0.1) is 5.92 Å². The van der Waals surface area contributed by atoms with E-state index < -0.39 is 0 Å². The number of carbonyl (C=O) groups is 1. The molecule has 1 aliphatic rings. The molecule has 0 saturated heterocycles. The molecule has 1 aromatic carbocycles. The van der Waals surface area contributed by atoms with Crippen molar-refractivity contribution < 1.29 is 9.90 Å². The van der Waals surface area contributed by atoms with Gasteiger partial charge < -0.3 is 10.4 Å². The molecule has 1 amide bonds. The Morgan fingerprint density at radius 3 is 2.57 bits per heavy atom. The third kappa shape index (κ3) is 2.25. The van der Waals surface area contributed by atoms with Crippen molar-refractivity contribution in [3.05, 3.63) is 29.8 Å². The van der Waals surface area contributed by atoms with Gasteiger partial charge in [0.05, 0.1) is 0 Å². The lowest BCUT2D eigenvalue weighted by Crippen LogP contribution is -2.25. The molecule has 2 N–H and O–H groups in total. The minimum atomic E-state index is -0.0584. The lowest BCUT2D eigenvalue weighted by atomic mass is 10.2. The number of rotatable bonds is 3. The zero-order chi connectivity index (χ0) is 9.97. The molecule has 1 aromatic rings. The summed E-state index contributed by atoms with van der Waals surface area (Å²) in [5, 5.41) is 11.9. The van der Waals surface area contributed by atoms with Crippen LogP contribution < -0.4 is 5.32 Å². The van der Waals surface area contributed by atoms with E-state index in [1.807, 2.05) is 0 Å². The highest BCUT2D eigenvalue weighted by atomic mass is 16.3. The largest absolute Gasteiger partial charge is 0.508 e. The van der Waals surface area contributed by atoms with Gasteiger partial charge in [0.15, 0.2) is 0 Å². The molecule has 14 heavy (non-hydrogen) atoms. The van der Waals surface area contributed by atoms with Crippen molar-refractivity contribution in [2.24, 2.45) is 5.92 Å². The van der Waals surface area contributed by atoms with Crippen LogP contribution in [0.5, 0.6) is 5.75 Å². The Morgan fingerprint density at radius 2 is 2.00 bits per heavy atom. The van der Waals surface area contributed by atoms with E-state index in [2.05, 4.69) is 5.32 Å². The lowest BCUT2D eigenvalue weighted by molar-refractivity contribution is 0.0952. The predicted octanol–water partition coefficient (Wildman–Crippen LogP) is 1.53. The Hall–Kier alpha value is -1.51. The maximum Gasteiger partial charge on any atom is 0.251 e. The first-order chi connectivity index (χ1) is 6.75. The van der Waals surface area contributed by atoms with E-state index in [9.17, 15) is 4.79 Å². The topological polar surface area (TPSA) is 49.3 Å². The van der Waals surface area contributed by atoms with Crippen LogP contribution in [-0.2, 0) is 0 Å². The molecule has 0 spiro atoms. The van der Waals surface area contributed by atoms with Crippen molar-refractivity contribution in [1.29, 1.82) is 0 Å². The third-order valence-corrected chi connectivity index (χ3v) is 2.38. The minimum Gasteiger partial charge on any atom is -0.508 e. The van der Waals surface area contributed by atoms with E-state index in [0.717, 1.165) is 6.54 Å². The van der Waals surface area contributed by atoms with Gasteiger partial charge in [-0.05, 0) is 43.0 Å². The molecule has 0 aliphatic heterocycles. The summed E-state index contributed by atoms with van der Waals surface area (Å²) in [6, 6.07) is 6.28. The fraction of sp³-hybridized carbons (Fsp3) is 0.364. The number of hydrogen-bond acceptors (Lipinski definition) is 2. The number of nitrogens with one attached hydrogen (secondary N) is 1. The van der Waals surface area contributed by atoms with E-state index in [1.54, 1.807) is 12.1 Å². The highest BCUT2D eigenvalue weighted by Crippen LogP contribution is 2.27. The Morgan fingerprint density at radius 1 is 1.36 bits per heavy atom. The van der Waals surface area contributed by atoms with Crippen molar-refractivity contribution in [2.45, 2.75) is 12.8 Å². The smallest absolute Gasteiger partial charge is 0.251 e. The normalized spacial score (nSPS) is 15.1. The number of carbonyl (C=O) groups excluding carboxylic acids is 1. The molecule has 3 heteroatoms. The van der Waals surface area contributed by atoms with E-state index in [-0.39, 0.29) is 11.7 Å². The molecule has 74 valence electrons. The van der Waals surface area contributed by atoms with Crippen LogP contribution in [0.2, 0.25) is 0 Å². The van der Waals surface area contributed by atoms with Crippen LogP contribution in [0.3, 0.4) is 0 Å². The van der Waals surface area contributed by atoms with Crippen molar-refractivity contribution in [3.8, 4) is 5.75 Å². The molecule has 0 aromatic heterocycles. The second-order valence-corrected chi connectivity index (χ2v) is 3.70. The van der Waals surface area contributed by atoms with Crippen molar-refractivity contribution in [2.75, 3.05) is 6.54 Å². The third-order valence-electron chi connectivity index (χ3n) is 2.38. The van der Waals surface area contributed by atoms with Gasteiger partial charge in [-0.1, -0.05) is 0 Å². The van der Waals surface area contributed by atoms with Gasteiger partial charge in [0.2, 0.25) is 0 Å². The average molecular weight is 191 g/mol. The minimum absolute atomic E-state index is 0.0584. The molecule has 0 atom stereocenters. The van der Waals surface area contributed by atoms with Gasteiger partial charge in [0, 0.05) is 12.1 Å². The zero-order valence-electron chi connectivity index (χ0n) is 7.86. The van der Waals surface area contributed by atoms with Crippen molar-refractivity contribution in [3.63, 3.8) is 0 Å². The SMILES string of the molecule is O=C(NCC1CC1)c1ccc(O)cc1. The van der Waals surface area contributed by atoms with Crippen LogP contribution in [0.15, 0.2) is 24.3 Å². The monoisotopic (exact) mass is 191 g/mol. The molecule has 1 fully saturated rings. The molecule has 0 unspecified atom stereocenters. The Kier molecular flexibility index (Phi) is 2.39. The average Bonchev–Trinajstić information content (AvgIpc) is 2.99. The maximum absolute atomic E-state index is 11.5. The first-order valence-corrected chi connectivity index (χ1v) is 4.83. The molecule has 0 radical (unpaired) electrons. The second-order valence-electron chi connectivity index (χ2n) is 3.70. The summed E-state index contributed by atoms with van der Waals surface area (Å²) >= 11 is 0. The molecular weight excluding hydrogens is 178 g/mol. The number of hydrogen-bond donors (Lipinski definition) is 2. The Bertz CT molecular complexity index is 328. The Balaban J connectivity index is 1.92. The van der Waals surface area contributed by atoms with E-state index in [1.165, 1.54) is 25.0 Å². The molecule has 2 rings (SSSR count). The number of phenolic OH excluding ortho intramolecular Hbond substituents is 1. The number of phenols is 1. The van der Waals surface area contributed by atoms with Crippen LogP contribution in [-0.4, -0.2) is 17.6 Å². The summed E-state index contributed by atoms with van der Waals surface area (Å²) in [4.78, 5) is 11.5. The molecule has 3 nitrogen and oxygen atoms in total. The summed E-state index contributed by atoms with van der Waals surface area (Å²) < 4.78 is 0. The van der Waals surface area contributed by atoms with Crippen LogP contribution in [0.4, 0.5) is 0 Å². The second kappa shape index (κ2) is 3.70. The van der Waals surface area contributed by atoms with Crippen LogP contribution >= 0.6 is 0 Å². The van der Waals surface area contributed by atoms with Gasteiger partial charge in [-0.15, -0.1) is 0 Å². The summed E-state index contributed by atoms with van der Waals surface area (Å²) in [5.41, 5.74) is 0.600. The lowest BCUT2D eigenvalue weighted by Gasteiger charge is -2.03. The molecular formula is C11H13NO2. The van der Waals surface area contributed by atoms with Gasteiger partial charge in [0.1, 0.15) is 5.75 Å². The van der Waals surface area contributed by atoms with Gasteiger partial charge >= 0.3 is 0 Å². The molecule has 1 saturated carbocycles. The van der Waals surface area contributed by atoms with Crippen molar-refractivity contribution >= 4 is 5.91 Å². The summed E-state index contributed by atoms with van der Waals surface area (Å²) in [5.74, 6) is 0.816. The highest BCUT2D eigenvalue weighted by Gasteiger charge is 2.21. The fourth-order valence-corrected chi connectivity index (χ4v) is 1.27. The van der Waals surface area contributed by atoms with E-state index in [4.69, 9.17) is 5.11 Å². The van der Waals surface area contributed by atoms with E-state index in [0.29, 0.717) is 11.5 Å². The maximum atomic E-state index is 11.5. The van der Waals surface area contributed by atoms with Gasteiger partial charge in [0.25, 0.3) is 5.91 Å².